The number of anilines is 1. The second-order valence-electron chi connectivity index (χ2n) is 8.22. The molecule has 4 rings (SSSR count). The van der Waals surface area contributed by atoms with Crippen LogP contribution in [0.4, 0.5) is 10.7 Å². The molecule has 3 aromatic rings. The zero-order valence-electron chi connectivity index (χ0n) is 17.0. The van der Waals surface area contributed by atoms with Crippen LogP contribution in [0, 0.1) is 0 Å². The van der Waals surface area contributed by atoms with Crippen molar-refractivity contribution in [2.45, 2.75) is 45.3 Å². The molecule has 1 saturated heterocycles. The number of ether oxygens (including phenoxy) is 1. The van der Waals surface area contributed by atoms with Gasteiger partial charge in [-0.1, -0.05) is 6.07 Å². The summed E-state index contributed by atoms with van der Waals surface area (Å²) in [4.78, 5) is 27.4. The highest BCUT2D eigenvalue weighted by molar-refractivity contribution is 5.68. The van der Waals surface area contributed by atoms with E-state index in [0.29, 0.717) is 19.0 Å². The lowest BCUT2D eigenvalue weighted by atomic mass is 10.1. The maximum atomic E-state index is 12.2. The lowest BCUT2D eigenvalue weighted by Gasteiger charge is -2.33. The first-order valence-corrected chi connectivity index (χ1v) is 9.89. The molecule has 0 unspecified atom stereocenters. The van der Waals surface area contributed by atoms with Crippen molar-refractivity contribution in [3.63, 3.8) is 0 Å². The summed E-state index contributed by atoms with van der Waals surface area (Å²) in [6, 6.07) is 7.99. The molecule has 3 aromatic heterocycles. The fourth-order valence-electron chi connectivity index (χ4n) is 3.41. The number of aromatic nitrogens is 4. The first-order chi connectivity index (χ1) is 13.9. The standard InChI is InChI=1S/C21H26N6O2/c1-21(2,3)29-20(28)26-12-8-15(9-13-26)24-19-22-10-7-16(25-19)17-14-23-18-6-4-5-11-27(17)18/h4-7,10-11,14-15H,8-9,12-13H2,1-3H3,(H,22,24,25). The highest BCUT2D eigenvalue weighted by Gasteiger charge is 2.27. The van der Waals surface area contributed by atoms with Gasteiger partial charge in [-0.15, -0.1) is 0 Å². The number of amides is 1. The minimum Gasteiger partial charge on any atom is -0.444 e. The maximum absolute atomic E-state index is 12.2. The Morgan fingerprint density at radius 2 is 1.97 bits per heavy atom. The van der Waals surface area contributed by atoms with Crippen LogP contribution in [0.15, 0.2) is 42.9 Å². The number of hydrogen-bond acceptors (Lipinski definition) is 6. The fraction of sp³-hybridized carbons (Fsp3) is 0.429. The Hall–Kier alpha value is -3.16. The molecule has 1 aliphatic rings. The number of carbonyl (C=O) groups is 1. The second kappa shape index (κ2) is 7.69. The van der Waals surface area contributed by atoms with Crippen molar-refractivity contribution in [2.75, 3.05) is 18.4 Å². The molecule has 0 atom stereocenters. The molecule has 0 radical (unpaired) electrons. The number of carbonyl (C=O) groups excluding carboxylic acids is 1. The maximum Gasteiger partial charge on any atom is 0.410 e. The Labute approximate surface area is 169 Å². The summed E-state index contributed by atoms with van der Waals surface area (Å²) in [6.07, 6.45) is 6.94. The summed E-state index contributed by atoms with van der Waals surface area (Å²) in [6.45, 7) is 6.95. The number of likely N-dealkylation sites (tertiary alicyclic amines) is 1. The van der Waals surface area contributed by atoms with E-state index in [-0.39, 0.29) is 12.1 Å². The molecule has 4 heterocycles. The fourth-order valence-corrected chi connectivity index (χ4v) is 3.41. The molecule has 1 N–H and O–H groups in total. The number of pyridine rings is 1. The highest BCUT2D eigenvalue weighted by atomic mass is 16.6. The number of imidazole rings is 1. The van der Waals surface area contributed by atoms with Gasteiger partial charge in [0, 0.05) is 31.5 Å². The van der Waals surface area contributed by atoms with Gasteiger partial charge in [0.15, 0.2) is 0 Å². The SMILES string of the molecule is CC(C)(C)OC(=O)N1CCC(Nc2nccc(-c3cnc4ccccn34)n2)CC1. The van der Waals surface area contributed by atoms with E-state index in [1.165, 1.54) is 0 Å². The van der Waals surface area contributed by atoms with Gasteiger partial charge in [-0.05, 0) is 51.8 Å². The highest BCUT2D eigenvalue weighted by Crippen LogP contribution is 2.21. The van der Waals surface area contributed by atoms with E-state index >= 15 is 0 Å². The van der Waals surface area contributed by atoms with Gasteiger partial charge in [0.05, 0.1) is 17.6 Å². The lowest BCUT2D eigenvalue weighted by molar-refractivity contribution is 0.0210. The van der Waals surface area contributed by atoms with Gasteiger partial charge in [0.25, 0.3) is 0 Å². The largest absolute Gasteiger partial charge is 0.444 e. The third-order valence-electron chi connectivity index (χ3n) is 4.81. The topological polar surface area (TPSA) is 84.6 Å². The van der Waals surface area contributed by atoms with Crippen molar-refractivity contribution in [3.05, 3.63) is 42.9 Å². The monoisotopic (exact) mass is 394 g/mol. The van der Waals surface area contributed by atoms with Crippen molar-refractivity contribution < 1.29 is 9.53 Å². The summed E-state index contributed by atoms with van der Waals surface area (Å²) >= 11 is 0. The summed E-state index contributed by atoms with van der Waals surface area (Å²) < 4.78 is 7.46. The van der Waals surface area contributed by atoms with E-state index in [9.17, 15) is 4.79 Å². The van der Waals surface area contributed by atoms with E-state index in [2.05, 4.69) is 20.3 Å². The van der Waals surface area contributed by atoms with Crippen molar-refractivity contribution >= 4 is 17.7 Å². The van der Waals surface area contributed by atoms with Gasteiger partial charge in [0.2, 0.25) is 5.95 Å². The Bertz CT molecular complexity index is 1000. The number of nitrogens with one attached hydrogen (secondary N) is 1. The van der Waals surface area contributed by atoms with Gasteiger partial charge in [-0.2, -0.15) is 0 Å². The first kappa shape index (κ1) is 19.2. The van der Waals surface area contributed by atoms with Crippen LogP contribution in [0.1, 0.15) is 33.6 Å². The first-order valence-electron chi connectivity index (χ1n) is 9.89. The average molecular weight is 394 g/mol. The predicted molar refractivity (Wildman–Crippen MR) is 111 cm³/mol. The smallest absolute Gasteiger partial charge is 0.410 e. The molecule has 29 heavy (non-hydrogen) atoms. The molecule has 1 aliphatic heterocycles. The van der Waals surface area contributed by atoms with Crippen LogP contribution < -0.4 is 5.32 Å². The zero-order chi connectivity index (χ0) is 20.4. The molecular formula is C21H26N6O2. The summed E-state index contributed by atoms with van der Waals surface area (Å²) in [5.74, 6) is 0.587. The van der Waals surface area contributed by atoms with Gasteiger partial charge >= 0.3 is 6.09 Å². The van der Waals surface area contributed by atoms with Crippen LogP contribution in [0.25, 0.3) is 17.0 Å². The third-order valence-corrected chi connectivity index (χ3v) is 4.81. The van der Waals surface area contributed by atoms with E-state index in [4.69, 9.17) is 4.74 Å². The van der Waals surface area contributed by atoms with Crippen LogP contribution in [0.3, 0.4) is 0 Å². The summed E-state index contributed by atoms with van der Waals surface area (Å²) in [5.41, 5.74) is 2.14. The predicted octanol–water partition coefficient (Wildman–Crippen LogP) is 3.60. The normalized spacial score (nSPS) is 15.5. The molecule has 1 fully saturated rings. The number of piperidine rings is 1. The molecule has 1 amide bonds. The van der Waals surface area contributed by atoms with Gasteiger partial charge in [-0.25, -0.2) is 19.7 Å². The van der Waals surface area contributed by atoms with Crippen LogP contribution in [0.2, 0.25) is 0 Å². The van der Waals surface area contributed by atoms with Crippen molar-refractivity contribution in [3.8, 4) is 11.4 Å². The molecule has 8 heteroatoms. The quantitative estimate of drug-likeness (QED) is 0.731. The van der Waals surface area contributed by atoms with Crippen molar-refractivity contribution in [1.82, 2.24) is 24.3 Å². The van der Waals surface area contributed by atoms with Crippen LogP contribution in [-0.2, 0) is 4.74 Å². The lowest BCUT2D eigenvalue weighted by Crippen LogP contribution is -2.44. The average Bonchev–Trinajstić information content (AvgIpc) is 3.12. The number of fused-ring (bicyclic) bond motifs is 1. The zero-order valence-corrected chi connectivity index (χ0v) is 17.0. The number of hydrogen-bond donors (Lipinski definition) is 1. The van der Waals surface area contributed by atoms with Crippen LogP contribution >= 0.6 is 0 Å². The molecule has 0 aromatic carbocycles. The van der Waals surface area contributed by atoms with E-state index in [1.54, 1.807) is 11.1 Å². The Kier molecular flexibility index (Phi) is 5.08. The number of nitrogens with zero attached hydrogens (tertiary/aromatic N) is 5. The van der Waals surface area contributed by atoms with E-state index in [1.807, 2.05) is 61.8 Å². The van der Waals surface area contributed by atoms with Crippen molar-refractivity contribution in [1.29, 1.82) is 0 Å². The molecule has 0 spiro atoms. The molecular weight excluding hydrogens is 368 g/mol. The summed E-state index contributed by atoms with van der Waals surface area (Å²) in [7, 11) is 0. The Balaban J connectivity index is 1.40. The van der Waals surface area contributed by atoms with E-state index < -0.39 is 5.60 Å². The van der Waals surface area contributed by atoms with Crippen molar-refractivity contribution in [2.24, 2.45) is 0 Å². The van der Waals surface area contributed by atoms with Gasteiger partial charge in [0.1, 0.15) is 11.2 Å². The van der Waals surface area contributed by atoms with Gasteiger partial charge in [-0.3, -0.25) is 4.40 Å². The molecule has 152 valence electrons. The van der Waals surface area contributed by atoms with Crippen LogP contribution in [-0.4, -0.2) is 55.1 Å². The minimum atomic E-state index is -0.474. The van der Waals surface area contributed by atoms with E-state index in [0.717, 1.165) is 29.9 Å². The molecule has 0 aliphatic carbocycles. The Morgan fingerprint density at radius 3 is 2.72 bits per heavy atom. The Morgan fingerprint density at radius 1 is 1.17 bits per heavy atom. The molecule has 0 bridgehead atoms. The number of rotatable bonds is 3. The van der Waals surface area contributed by atoms with Crippen LogP contribution in [0.5, 0.6) is 0 Å². The van der Waals surface area contributed by atoms with Gasteiger partial charge < -0.3 is 15.0 Å². The third kappa shape index (κ3) is 4.47. The molecule has 8 nitrogen and oxygen atoms in total. The minimum absolute atomic E-state index is 0.214. The summed E-state index contributed by atoms with van der Waals surface area (Å²) in [5, 5.41) is 3.41. The second-order valence-corrected chi connectivity index (χ2v) is 8.22. The molecule has 0 saturated carbocycles.